The Morgan fingerprint density at radius 3 is 3.00 bits per heavy atom. The molecular weight excluding hydrogens is 240 g/mol. The van der Waals surface area contributed by atoms with Gasteiger partial charge < -0.3 is 16.0 Å². The van der Waals surface area contributed by atoms with Crippen LogP contribution in [0.5, 0.6) is 0 Å². The fraction of sp³-hybridized carbons (Fsp3) is 0.538. The molecule has 1 fully saturated rings. The highest BCUT2D eigenvalue weighted by Gasteiger charge is 2.21. The number of likely N-dealkylation sites (N-methyl/N-ethyl adjacent to an activating group) is 2. The van der Waals surface area contributed by atoms with Crippen molar-refractivity contribution in [2.45, 2.75) is 6.04 Å². The van der Waals surface area contributed by atoms with Crippen molar-refractivity contribution in [1.82, 2.24) is 14.8 Å². The highest BCUT2D eigenvalue weighted by Crippen LogP contribution is 2.13. The number of hydrogen-bond acceptors (Lipinski definition) is 6. The van der Waals surface area contributed by atoms with Gasteiger partial charge in [0.25, 0.3) is 0 Å². The van der Waals surface area contributed by atoms with Crippen LogP contribution in [-0.2, 0) is 0 Å². The fourth-order valence-corrected chi connectivity index (χ4v) is 2.20. The zero-order valence-corrected chi connectivity index (χ0v) is 11.4. The molecule has 19 heavy (non-hydrogen) atoms. The van der Waals surface area contributed by atoms with Gasteiger partial charge >= 0.3 is 0 Å². The Hall–Kier alpha value is -1.84. The van der Waals surface area contributed by atoms with Crippen LogP contribution >= 0.6 is 0 Å². The Balaban J connectivity index is 1.96. The molecular formula is C13H20N6. The van der Waals surface area contributed by atoms with Crippen LogP contribution in [0.3, 0.4) is 0 Å². The summed E-state index contributed by atoms with van der Waals surface area (Å²) in [4.78, 5) is 8.86. The van der Waals surface area contributed by atoms with E-state index in [0.717, 1.165) is 26.2 Å². The summed E-state index contributed by atoms with van der Waals surface area (Å²) in [5.41, 5.74) is 6.35. The van der Waals surface area contributed by atoms with Crippen molar-refractivity contribution in [2.24, 2.45) is 0 Å². The number of anilines is 2. The standard InChI is InChI=1S/C13H20N6/c1-18-5-6-19(2)10(9-18)8-16-13-4-3-11(15)12(7-14)17-13/h3-4,10H,5-6,8-9,15H2,1-2H3,(H,16,17). The number of hydrogen-bond donors (Lipinski definition) is 2. The Morgan fingerprint density at radius 1 is 1.47 bits per heavy atom. The molecule has 6 nitrogen and oxygen atoms in total. The van der Waals surface area contributed by atoms with E-state index in [0.29, 0.717) is 17.5 Å². The van der Waals surface area contributed by atoms with Gasteiger partial charge in [-0.25, -0.2) is 4.98 Å². The summed E-state index contributed by atoms with van der Waals surface area (Å²) in [5, 5.41) is 12.2. The van der Waals surface area contributed by atoms with Crippen LogP contribution in [0.1, 0.15) is 5.69 Å². The molecule has 0 aliphatic carbocycles. The molecule has 1 aromatic rings. The van der Waals surface area contributed by atoms with Crippen LogP contribution in [0.25, 0.3) is 0 Å². The number of rotatable bonds is 3. The van der Waals surface area contributed by atoms with Crippen molar-refractivity contribution in [3.8, 4) is 6.07 Å². The predicted molar refractivity (Wildman–Crippen MR) is 75.8 cm³/mol. The fourth-order valence-electron chi connectivity index (χ4n) is 2.20. The van der Waals surface area contributed by atoms with Crippen molar-refractivity contribution in [2.75, 3.05) is 51.3 Å². The summed E-state index contributed by atoms with van der Waals surface area (Å²) >= 11 is 0. The van der Waals surface area contributed by atoms with Gasteiger partial charge in [0.1, 0.15) is 11.9 Å². The Labute approximate surface area is 113 Å². The largest absolute Gasteiger partial charge is 0.396 e. The van der Waals surface area contributed by atoms with E-state index >= 15 is 0 Å². The van der Waals surface area contributed by atoms with E-state index in [1.165, 1.54) is 0 Å². The normalized spacial score (nSPS) is 21.0. The minimum absolute atomic E-state index is 0.277. The maximum absolute atomic E-state index is 8.90. The first kappa shape index (κ1) is 13.6. The molecule has 0 spiro atoms. The van der Waals surface area contributed by atoms with Crippen LogP contribution in [-0.4, -0.2) is 61.1 Å². The first-order valence-electron chi connectivity index (χ1n) is 6.39. The van der Waals surface area contributed by atoms with Gasteiger partial charge in [-0.05, 0) is 26.2 Å². The molecule has 6 heteroatoms. The lowest BCUT2D eigenvalue weighted by Gasteiger charge is -2.37. The molecule has 3 N–H and O–H groups in total. The van der Waals surface area contributed by atoms with E-state index < -0.39 is 0 Å². The summed E-state index contributed by atoms with van der Waals surface area (Å²) in [5.74, 6) is 0.701. The van der Waals surface area contributed by atoms with Crippen LogP contribution in [0.2, 0.25) is 0 Å². The first-order chi connectivity index (χ1) is 9.10. The van der Waals surface area contributed by atoms with Gasteiger partial charge in [0.15, 0.2) is 5.69 Å². The number of aromatic nitrogens is 1. The lowest BCUT2D eigenvalue weighted by molar-refractivity contribution is 0.122. The van der Waals surface area contributed by atoms with Crippen LogP contribution in [0.15, 0.2) is 12.1 Å². The third-order valence-corrected chi connectivity index (χ3v) is 3.53. The van der Waals surface area contributed by atoms with Crippen LogP contribution in [0, 0.1) is 11.3 Å². The number of piperazine rings is 1. The van der Waals surface area contributed by atoms with Gasteiger partial charge in [0, 0.05) is 32.2 Å². The summed E-state index contributed by atoms with van der Waals surface area (Å²) in [6.07, 6.45) is 0. The summed E-state index contributed by atoms with van der Waals surface area (Å²) in [7, 11) is 4.27. The molecule has 0 radical (unpaired) electrons. The number of nitrogens with one attached hydrogen (secondary N) is 1. The average molecular weight is 260 g/mol. The number of nitrogen functional groups attached to an aromatic ring is 1. The molecule has 1 saturated heterocycles. The third-order valence-electron chi connectivity index (χ3n) is 3.53. The average Bonchev–Trinajstić information content (AvgIpc) is 2.41. The van der Waals surface area contributed by atoms with E-state index in [4.69, 9.17) is 11.0 Å². The highest BCUT2D eigenvalue weighted by atomic mass is 15.3. The van der Waals surface area contributed by atoms with E-state index in [-0.39, 0.29) is 5.69 Å². The van der Waals surface area contributed by atoms with Gasteiger partial charge in [-0.3, -0.25) is 4.90 Å². The third kappa shape index (κ3) is 3.34. The molecule has 2 rings (SSSR count). The second kappa shape index (κ2) is 5.87. The van der Waals surface area contributed by atoms with Gasteiger partial charge in [0.05, 0.1) is 5.69 Å². The van der Waals surface area contributed by atoms with Crippen molar-refractivity contribution in [1.29, 1.82) is 5.26 Å². The van der Waals surface area contributed by atoms with Crippen molar-refractivity contribution in [3.63, 3.8) is 0 Å². The molecule has 0 amide bonds. The zero-order valence-electron chi connectivity index (χ0n) is 11.4. The zero-order chi connectivity index (χ0) is 13.8. The van der Waals surface area contributed by atoms with Crippen molar-refractivity contribution in [3.05, 3.63) is 17.8 Å². The van der Waals surface area contributed by atoms with E-state index in [9.17, 15) is 0 Å². The second-order valence-electron chi connectivity index (χ2n) is 5.02. The monoisotopic (exact) mass is 260 g/mol. The second-order valence-corrected chi connectivity index (χ2v) is 5.02. The Bertz CT molecular complexity index is 481. The molecule has 0 aromatic carbocycles. The van der Waals surface area contributed by atoms with Crippen LogP contribution in [0.4, 0.5) is 11.5 Å². The summed E-state index contributed by atoms with van der Waals surface area (Å²) in [6, 6.07) is 5.96. The molecule has 0 bridgehead atoms. The lowest BCUT2D eigenvalue weighted by atomic mass is 10.2. The summed E-state index contributed by atoms with van der Waals surface area (Å²) < 4.78 is 0. The summed E-state index contributed by atoms with van der Waals surface area (Å²) in [6.45, 7) is 4.01. The molecule has 0 saturated carbocycles. The smallest absolute Gasteiger partial charge is 0.165 e. The number of nitrogens with two attached hydrogens (primary N) is 1. The molecule has 1 aliphatic heterocycles. The Kier molecular flexibility index (Phi) is 4.20. The van der Waals surface area contributed by atoms with E-state index in [1.54, 1.807) is 6.07 Å². The predicted octanol–water partition coefficient (Wildman–Crippen LogP) is 0.193. The van der Waals surface area contributed by atoms with Gasteiger partial charge in [-0.1, -0.05) is 0 Å². The highest BCUT2D eigenvalue weighted by molar-refractivity contribution is 5.54. The van der Waals surface area contributed by atoms with Crippen molar-refractivity contribution >= 4 is 11.5 Å². The van der Waals surface area contributed by atoms with Gasteiger partial charge in [-0.2, -0.15) is 5.26 Å². The topological polar surface area (TPSA) is 81.2 Å². The number of nitriles is 1. The van der Waals surface area contributed by atoms with E-state index in [1.807, 2.05) is 12.1 Å². The number of pyridine rings is 1. The number of nitrogens with zero attached hydrogens (tertiary/aromatic N) is 4. The molecule has 102 valence electrons. The molecule has 1 aromatic heterocycles. The molecule has 1 unspecified atom stereocenters. The van der Waals surface area contributed by atoms with Crippen molar-refractivity contribution < 1.29 is 0 Å². The maximum atomic E-state index is 8.90. The van der Waals surface area contributed by atoms with Gasteiger partial charge in [-0.15, -0.1) is 0 Å². The SMILES string of the molecule is CN1CCN(C)C(CNc2ccc(N)c(C#N)n2)C1. The quantitative estimate of drug-likeness (QED) is 0.807. The lowest BCUT2D eigenvalue weighted by Crippen LogP contribution is -2.52. The van der Waals surface area contributed by atoms with Crippen LogP contribution < -0.4 is 11.1 Å². The molecule has 1 aliphatic rings. The van der Waals surface area contributed by atoms with E-state index in [2.05, 4.69) is 34.2 Å². The Morgan fingerprint density at radius 2 is 2.26 bits per heavy atom. The molecule has 2 heterocycles. The minimum atomic E-state index is 0.277. The molecule has 1 atom stereocenters. The maximum Gasteiger partial charge on any atom is 0.165 e. The minimum Gasteiger partial charge on any atom is -0.396 e. The van der Waals surface area contributed by atoms with Gasteiger partial charge in [0.2, 0.25) is 0 Å². The first-order valence-corrected chi connectivity index (χ1v) is 6.39.